The number of aliphatic imine (C=N–C) groups is 1. The molecule has 0 aliphatic heterocycles. The normalized spacial score (nSPS) is 15.2. The number of hydrogen-bond acceptors (Lipinski definition) is 4. The summed E-state index contributed by atoms with van der Waals surface area (Å²) in [6.07, 6.45) is 2.21. The lowest BCUT2D eigenvalue weighted by atomic mass is 10.2. The number of hydrogen-bond donors (Lipinski definition) is 3. The van der Waals surface area contributed by atoms with Crippen LogP contribution in [0.4, 0.5) is 0 Å². The minimum absolute atomic E-state index is 0. The zero-order valence-corrected chi connectivity index (χ0v) is 14.7. The van der Waals surface area contributed by atoms with Crippen LogP contribution in [0.3, 0.4) is 0 Å². The van der Waals surface area contributed by atoms with Crippen LogP contribution in [0.2, 0.25) is 0 Å². The van der Waals surface area contributed by atoms with Gasteiger partial charge in [0.25, 0.3) is 0 Å². The van der Waals surface area contributed by atoms with Gasteiger partial charge >= 0.3 is 0 Å². The molecular weight excluding hydrogens is 407 g/mol. The SMILES string of the molecule is COc1ccc(CN=C(N)NC2CC2)cc1S(N)(=O)=O.I. The molecule has 118 valence electrons. The molecule has 7 nitrogen and oxygen atoms in total. The van der Waals surface area contributed by atoms with Gasteiger partial charge in [0.2, 0.25) is 10.0 Å². The summed E-state index contributed by atoms with van der Waals surface area (Å²) in [5, 5.41) is 8.20. The first-order valence-electron chi connectivity index (χ1n) is 6.16. The Labute approximate surface area is 141 Å². The van der Waals surface area contributed by atoms with Crippen LogP contribution in [-0.4, -0.2) is 27.5 Å². The standard InChI is InChI=1S/C12H18N4O3S.HI/c1-19-10-5-2-8(6-11(10)20(14,17)18)7-15-12(13)16-9-3-4-9;/h2,5-6,9H,3-4,7H2,1H3,(H3,13,15,16)(H2,14,17,18);1H. The van der Waals surface area contributed by atoms with Crippen molar-refractivity contribution in [1.82, 2.24) is 5.32 Å². The summed E-state index contributed by atoms with van der Waals surface area (Å²) in [4.78, 5) is 4.11. The maximum Gasteiger partial charge on any atom is 0.241 e. The molecule has 0 heterocycles. The fourth-order valence-corrected chi connectivity index (χ4v) is 2.45. The van der Waals surface area contributed by atoms with Crippen LogP contribution in [-0.2, 0) is 16.6 Å². The minimum atomic E-state index is -3.84. The van der Waals surface area contributed by atoms with Gasteiger partial charge in [0.1, 0.15) is 10.6 Å². The molecule has 1 aromatic rings. The predicted molar refractivity (Wildman–Crippen MR) is 91.3 cm³/mol. The van der Waals surface area contributed by atoms with Crippen molar-refractivity contribution in [2.75, 3.05) is 7.11 Å². The molecule has 21 heavy (non-hydrogen) atoms. The van der Waals surface area contributed by atoms with Crippen LogP contribution in [0.15, 0.2) is 28.1 Å². The van der Waals surface area contributed by atoms with Crippen molar-refractivity contribution in [3.05, 3.63) is 23.8 Å². The summed E-state index contributed by atoms with van der Waals surface area (Å²) >= 11 is 0. The van der Waals surface area contributed by atoms with Gasteiger partial charge in [-0.15, -0.1) is 24.0 Å². The number of primary sulfonamides is 1. The van der Waals surface area contributed by atoms with E-state index in [9.17, 15) is 8.42 Å². The highest BCUT2D eigenvalue weighted by molar-refractivity contribution is 14.0. The van der Waals surface area contributed by atoms with Crippen LogP contribution in [0.25, 0.3) is 0 Å². The second kappa shape index (κ2) is 7.27. The molecule has 0 amide bonds. The van der Waals surface area contributed by atoms with Crippen molar-refractivity contribution >= 4 is 40.0 Å². The second-order valence-corrected chi connectivity index (χ2v) is 6.18. The van der Waals surface area contributed by atoms with Gasteiger partial charge in [-0.3, -0.25) is 0 Å². The number of nitrogens with two attached hydrogens (primary N) is 2. The van der Waals surface area contributed by atoms with E-state index in [2.05, 4.69) is 10.3 Å². The monoisotopic (exact) mass is 426 g/mol. The fourth-order valence-electron chi connectivity index (χ4n) is 1.70. The molecule has 0 radical (unpaired) electrons. The summed E-state index contributed by atoms with van der Waals surface area (Å²) in [6, 6.07) is 5.15. The average Bonchev–Trinajstić information content (AvgIpc) is 3.19. The Kier molecular flexibility index (Phi) is 6.23. The number of halogens is 1. The molecule has 1 aliphatic carbocycles. The first-order valence-corrected chi connectivity index (χ1v) is 7.71. The van der Waals surface area contributed by atoms with Gasteiger partial charge in [-0.05, 0) is 30.5 Å². The quantitative estimate of drug-likeness (QED) is 0.361. The number of rotatable bonds is 5. The first kappa shape index (κ1) is 18.0. The van der Waals surface area contributed by atoms with Crippen LogP contribution in [0.1, 0.15) is 18.4 Å². The topological polar surface area (TPSA) is 120 Å². The third kappa shape index (κ3) is 5.32. The van der Waals surface area contributed by atoms with E-state index in [1.54, 1.807) is 12.1 Å². The smallest absolute Gasteiger partial charge is 0.241 e. The molecule has 1 fully saturated rings. The molecule has 0 atom stereocenters. The zero-order chi connectivity index (χ0) is 14.8. The lowest BCUT2D eigenvalue weighted by Gasteiger charge is -2.08. The number of benzene rings is 1. The molecular formula is C12H19IN4O3S. The van der Waals surface area contributed by atoms with Gasteiger partial charge in [0, 0.05) is 6.04 Å². The number of nitrogens with one attached hydrogen (secondary N) is 1. The first-order chi connectivity index (χ1) is 9.40. The zero-order valence-electron chi connectivity index (χ0n) is 11.6. The Morgan fingerprint density at radius 3 is 2.67 bits per heavy atom. The molecule has 0 bridgehead atoms. The highest BCUT2D eigenvalue weighted by Crippen LogP contribution is 2.24. The second-order valence-electron chi connectivity index (χ2n) is 4.65. The molecule has 0 aromatic heterocycles. The molecule has 1 aromatic carbocycles. The van der Waals surface area contributed by atoms with Crippen LogP contribution < -0.4 is 20.9 Å². The average molecular weight is 426 g/mol. The molecule has 0 unspecified atom stereocenters. The number of ether oxygens (including phenoxy) is 1. The molecule has 9 heteroatoms. The Balaban J connectivity index is 0.00000220. The van der Waals surface area contributed by atoms with Gasteiger partial charge in [0.05, 0.1) is 13.7 Å². The highest BCUT2D eigenvalue weighted by atomic mass is 127. The number of nitrogens with zero attached hydrogens (tertiary/aromatic N) is 1. The van der Waals surface area contributed by atoms with E-state index >= 15 is 0 Å². The summed E-state index contributed by atoms with van der Waals surface area (Å²) in [5.74, 6) is 0.574. The molecule has 0 spiro atoms. The third-order valence-corrected chi connectivity index (χ3v) is 3.83. The van der Waals surface area contributed by atoms with Crippen LogP contribution >= 0.6 is 24.0 Å². The Hall–Kier alpha value is -1.07. The van der Waals surface area contributed by atoms with Gasteiger partial charge in [-0.25, -0.2) is 18.5 Å². The molecule has 0 saturated heterocycles. The Morgan fingerprint density at radius 2 is 2.14 bits per heavy atom. The Morgan fingerprint density at radius 1 is 1.48 bits per heavy atom. The van der Waals surface area contributed by atoms with E-state index in [0.29, 0.717) is 17.6 Å². The van der Waals surface area contributed by atoms with Gasteiger partial charge in [0.15, 0.2) is 5.96 Å². The summed E-state index contributed by atoms with van der Waals surface area (Å²) in [6.45, 7) is 0.276. The summed E-state index contributed by atoms with van der Waals surface area (Å²) in [7, 11) is -2.45. The minimum Gasteiger partial charge on any atom is -0.495 e. The maximum absolute atomic E-state index is 11.5. The maximum atomic E-state index is 11.5. The Bertz CT molecular complexity index is 629. The van der Waals surface area contributed by atoms with Crippen LogP contribution in [0, 0.1) is 0 Å². The largest absolute Gasteiger partial charge is 0.495 e. The number of guanidine groups is 1. The van der Waals surface area contributed by atoms with Crippen molar-refractivity contribution in [1.29, 1.82) is 0 Å². The summed E-state index contributed by atoms with van der Waals surface area (Å²) < 4.78 is 27.9. The lowest BCUT2D eigenvalue weighted by Crippen LogP contribution is -2.33. The predicted octanol–water partition coefficient (Wildman–Crippen LogP) is 0.527. The van der Waals surface area contributed by atoms with Gasteiger partial charge in [-0.1, -0.05) is 6.07 Å². The van der Waals surface area contributed by atoms with Crippen molar-refractivity contribution in [2.24, 2.45) is 15.9 Å². The van der Waals surface area contributed by atoms with E-state index < -0.39 is 10.0 Å². The number of methoxy groups -OCH3 is 1. The molecule has 2 rings (SSSR count). The van der Waals surface area contributed by atoms with E-state index in [0.717, 1.165) is 12.8 Å². The van der Waals surface area contributed by atoms with Crippen LogP contribution in [0.5, 0.6) is 5.75 Å². The number of sulfonamides is 1. The van der Waals surface area contributed by atoms with Gasteiger partial charge < -0.3 is 15.8 Å². The van der Waals surface area contributed by atoms with Crippen molar-refractivity contribution in [2.45, 2.75) is 30.3 Å². The summed E-state index contributed by atoms with van der Waals surface area (Å²) in [5.41, 5.74) is 6.40. The molecule has 5 N–H and O–H groups in total. The molecule has 1 aliphatic rings. The van der Waals surface area contributed by atoms with Crippen molar-refractivity contribution < 1.29 is 13.2 Å². The van der Waals surface area contributed by atoms with Crippen molar-refractivity contribution in [3.63, 3.8) is 0 Å². The van der Waals surface area contributed by atoms with Crippen molar-refractivity contribution in [3.8, 4) is 5.75 Å². The third-order valence-electron chi connectivity index (χ3n) is 2.90. The fraction of sp³-hybridized carbons (Fsp3) is 0.417. The van der Waals surface area contributed by atoms with E-state index in [1.807, 2.05) is 0 Å². The lowest BCUT2D eigenvalue weighted by molar-refractivity contribution is 0.402. The van der Waals surface area contributed by atoms with Gasteiger partial charge in [-0.2, -0.15) is 0 Å². The van der Waals surface area contributed by atoms with E-state index in [-0.39, 0.29) is 41.2 Å². The highest BCUT2D eigenvalue weighted by Gasteiger charge is 2.21. The van der Waals surface area contributed by atoms with E-state index in [1.165, 1.54) is 13.2 Å². The van der Waals surface area contributed by atoms with E-state index in [4.69, 9.17) is 15.6 Å². The molecule has 1 saturated carbocycles.